The van der Waals surface area contributed by atoms with Gasteiger partial charge in [0.15, 0.2) is 0 Å². The maximum atomic E-state index is 8.52. The highest BCUT2D eigenvalue weighted by Crippen LogP contribution is 2.23. The third-order valence-corrected chi connectivity index (χ3v) is 5.57. The Morgan fingerprint density at radius 3 is 1.30 bits per heavy atom. The number of H-pyrrole nitrogens is 2. The highest BCUT2D eigenvalue weighted by molar-refractivity contribution is 7.79. The lowest BCUT2D eigenvalue weighted by Crippen LogP contribution is -2.06. The van der Waals surface area contributed by atoms with Crippen LogP contribution in [0.25, 0.3) is 43.6 Å². The molecule has 37 heavy (non-hydrogen) atoms. The molecule has 0 aliphatic rings. The minimum Gasteiger partial charge on any atom is -0.759 e. The zero-order valence-electron chi connectivity index (χ0n) is 19.4. The first-order valence-corrected chi connectivity index (χ1v) is 12.3. The van der Waals surface area contributed by atoms with Crippen LogP contribution in [0.5, 0.6) is 0 Å². The summed E-state index contributed by atoms with van der Waals surface area (Å²) in [4.78, 5) is 6.68. The van der Waals surface area contributed by atoms with Gasteiger partial charge in [-0.2, -0.15) is 0 Å². The first-order valence-electron chi connectivity index (χ1n) is 10.9. The minimum absolute atomic E-state index is 0.759. The summed E-state index contributed by atoms with van der Waals surface area (Å²) in [5.74, 6) is 0. The van der Waals surface area contributed by atoms with Gasteiger partial charge in [0.05, 0.1) is 10.8 Å². The van der Waals surface area contributed by atoms with E-state index < -0.39 is 10.4 Å². The lowest BCUT2D eigenvalue weighted by Gasteiger charge is -2.06. The first-order chi connectivity index (χ1) is 17.5. The molecule has 10 N–H and O–H groups in total. The standard InChI is InChI=1S/2C13H11N3.H2O4S/c2*14-9-4-5-12-8(6-9)7-10-11(15)2-1-3-13(10)16-12;1-5(2,3)4/h2*1-7H,14-15H2;(H2,1,2,3,4). The number of nitrogens with one attached hydrogen (secondary N) is 2. The van der Waals surface area contributed by atoms with Crippen LogP contribution in [0.4, 0.5) is 22.7 Å². The second kappa shape index (κ2) is 10.1. The van der Waals surface area contributed by atoms with Gasteiger partial charge in [-0.15, -0.1) is 0 Å². The molecule has 0 saturated heterocycles. The van der Waals surface area contributed by atoms with Crippen molar-refractivity contribution in [2.24, 2.45) is 0 Å². The zero-order valence-corrected chi connectivity index (χ0v) is 20.3. The van der Waals surface area contributed by atoms with E-state index in [0.717, 1.165) is 66.4 Å². The molecule has 4 aromatic carbocycles. The normalized spacial score (nSPS) is 11.1. The van der Waals surface area contributed by atoms with Crippen LogP contribution in [0, 0.1) is 0 Å². The third-order valence-electron chi connectivity index (χ3n) is 5.57. The van der Waals surface area contributed by atoms with Crippen molar-refractivity contribution in [3.8, 4) is 0 Å². The quantitative estimate of drug-likeness (QED) is 0.102. The van der Waals surface area contributed by atoms with E-state index in [1.807, 2.05) is 72.8 Å². The lowest BCUT2D eigenvalue weighted by atomic mass is 10.1. The average molecular weight is 517 g/mol. The van der Waals surface area contributed by atoms with Crippen LogP contribution in [-0.2, 0) is 10.4 Å². The summed E-state index contributed by atoms with van der Waals surface area (Å²) in [5.41, 5.74) is 30.7. The Balaban J connectivity index is 0.000000147. The Morgan fingerprint density at radius 1 is 0.541 bits per heavy atom. The Morgan fingerprint density at radius 2 is 0.919 bits per heavy atom. The number of hydrogen-bond donors (Lipinski definition) is 4. The minimum atomic E-state index is -5.17. The number of hydrogen-bond acceptors (Lipinski definition) is 8. The van der Waals surface area contributed by atoms with E-state index in [1.165, 1.54) is 0 Å². The van der Waals surface area contributed by atoms with Crippen LogP contribution >= 0.6 is 0 Å². The van der Waals surface area contributed by atoms with Gasteiger partial charge in [-0.25, -0.2) is 9.97 Å². The third kappa shape index (κ3) is 6.30. The molecule has 0 saturated carbocycles. The molecule has 0 bridgehead atoms. The van der Waals surface area contributed by atoms with Gasteiger partial charge in [0.1, 0.15) is 0 Å². The fourth-order valence-electron chi connectivity index (χ4n) is 3.94. The molecule has 0 amide bonds. The molecule has 0 fully saturated rings. The second-order valence-electron chi connectivity index (χ2n) is 8.26. The number of anilines is 4. The van der Waals surface area contributed by atoms with E-state index in [1.54, 1.807) is 0 Å². The number of nitrogens with two attached hydrogens (primary N) is 4. The second-order valence-corrected chi connectivity index (χ2v) is 9.07. The first kappa shape index (κ1) is 25.4. The Kier molecular flexibility index (Phi) is 6.94. The van der Waals surface area contributed by atoms with Crippen molar-refractivity contribution in [2.45, 2.75) is 0 Å². The molecular weight excluding hydrogens is 492 g/mol. The fraction of sp³-hybridized carbons (Fsp3) is 0. The van der Waals surface area contributed by atoms with E-state index in [4.69, 9.17) is 40.5 Å². The van der Waals surface area contributed by atoms with Crippen molar-refractivity contribution in [2.75, 3.05) is 22.9 Å². The molecule has 0 unspecified atom stereocenters. The van der Waals surface area contributed by atoms with Gasteiger partial charge >= 0.3 is 0 Å². The van der Waals surface area contributed by atoms with Gasteiger partial charge in [-0.05, 0) is 48.5 Å². The molecule has 6 rings (SSSR count). The largest absolute Gasteiger partial charge is 0.759 e. The number of pyridine rings is 2. The van der Waals surface area contributed by atoms with Crippen LogP contribution < -0.4 is 32.9 Å². The number of aromatic amines is 2. The molecule has 2 heterocycles. The predicted molar refractivity (Wildman–Crippen MR) is 144 cm³/mol. The van der Waals surface area contributed by atoms with Crippen molar-refractivity contribution >= 4 is 76.8 Å². The molecule has 188 valence electrons. The summed E-state index contributed by atoms with van der Waals surface area (Å²) < 4.78 is 34.1. The Labute approximate surface area is 212 Å². The van der Waals surface area contributed by atoms with Crippen molar-refractivity contribution in [3.63, 3.8) is 0 Å². The van der Waals surface area contributed by atoms with E-state index in [-0.39, 0.29) is 0 Å². The molecule has 0 aliphatic heterocycles. The maximum Gasteiger partial charge on any atom is 0.213 e. The highest BCUT2D eigenvalue weighted by Gasteiger charge is 2.09. The summed E-state index contributed by atoms with van der Waals surface area (Å²) >= 11 is 0. The van der Waals surface area contributed by atoms with Crippen LogP contribution in [0.3, 0.4) is 0 Å². The van der Waals surface area contributed by atoms with Gasteiger partial charge in [0, 0.05) is 68.2 Å². The van der Waals surface area contributed by atoms with Crippen molar-refractivity contribution in [1.29, 1.82) is 0 Å². The predicted octanol–water partition coefficient (Wildman–Crippen LogP) is 2.61. The molecule has 6 aromatic rings. The zero-order chi connectivity index (χ0) is 26.7. The van der Waals surface area contributed by atoms with E-state index in [9.17, 15) is 0 Å². The molecule has 0 spiro atoms. The lowest BCUT2D eigenvalue weighted by molar-refractivity contribution is -0.310. The summed E-state index contributed by atoms with van der Waals surface area (Å²) in [6, 6.07) is 27.4. The van der Waals surface area contributed by atoms with Gasteiger partial charge in [-0.3, -0.25) is 8.42 Å². The van der Waals surface area contributed by atoms with Crippen LogP contribution in [0.1, 0.15) is 0 Å². The molecule has 11 heteroatoms. The van der Waals surface area contributed by atoms with Gasteiger partial charge in [-0.1, -0.05) is 12.1 Å². The number of aromatic nitrogens is 2. The summed E-state index contributed by atoms with van der Waals surface area (Å²) in [7, 11) is -5.17. The van der Waals surface area contributed by atoms with E-state index in [2.05, 4.69) is 22.1 Å². The number of rotatable bonds is 0. The maximum absolute atomic E-state index is 8.52. The molecule has 0 aliphatic carbocycles. The van der Waals surface area contributed by atoms with E-state index in [0.29, 0.717) is 0 Å². The number of benzene rings is 4. The number of nitrogen functional groups attached to an aromatic ring is 4. The van der Waals surface area contributed by atoms with E-state index >= 15 is 0 Å². The van der Waals surface area contributed by atoms with Crippen LogP contribution in [-0.4, -0.2) is 17.5 Å². The molecule has 0 radical (unpaired) electrons. The molecule has 2 aromatic heterocycles. The molecular formula is C26H24N6O4S. The van der Waals surface area contributed by atoms with Crippen molar-refractivity contribution in [3.05, 3.63) is 84.9 Å². The Hall–Kier alpha value is -4.71. The molecule has 10 nitrogen and oxygen atoms in total. The SMILES string of the molecule is Nc1ccc2[nH+]c3cccc(N)c3cc2c1.Nc1ccc2[nH+]c3cccc(N)c3cc2c1.O=S(=O)([O-])[O-]. The van der Waals surface area contributed by atoms with Crippen molar-refractivity contribution in [1.82, 2.24) is 0 Å². The summed E-state index contributed by atoms with van der Waals surface area (Å²) in [5, 5.41) is 4.21. The average Bonchev–Trinajstić information content (AvgIpc) is 2.82. The van der Waals surface area contributed by atoms with Gasteiger partial charge < -0.3 is 32.0 Å². The Bertz CT molecular complexity index is 1750. The monoisotopic (exact) mass is 516 g/mol. The fourth-order valence-corrected chi connectivity index (χ4v) is 3.94. The van der Waals surface area contributed by atoms with Crippen LogP contribution in [0.15, 0.2) is 84.9 Å². The van der Waals surface area contributed by atoms with Crippen molar-refractivity contribution < 1.29 is 27.5 Å². The summed E-state index contributed by atoms with van der Waals surface area (Å²) in [6.07, 6.45) is 0. The highest BCUT2D eigenvalue weighted by atomic mass is 32.3. The van der Waals surface area contributed by atoms with Gasteiger partial charge in [0.2, 0.25) is 22.1 Å². The summed E-state index contributed by atoms with van der Waals surface area (Å²) in [6.45, 7) is 0. The molecule has 0 atom stereocenters. The van der Waals surface area contributed by atoms with Gasteiger partial charge in [0.25, 0.3) is 0 Å². The smallest absolute Gasteiger partial charge is 0.213 e. The number of fused-ring (bicyclic) bond motifs is 4. The topological polar surface area (TPSA) is 213 Å². The van der Waals surface area contributed by atoms with Crippen LogP contribution in [0.2, 0.25) is 0 Å².